The van der Waals surface area contributed by atoms with Gasteiger partial charge >= 0.3 is 0 Å². The Kier molecular flexibility index (Phi) is 3.53. The van der Waals surface area contributed by atoms with E-state index in [1.54, 1.807) is 6.20 Å². The molecule has 3 nitrogen and oxygen atoms in total. The molecule has 4 aromatic rings. The molecule has 0 fully saturated rings. The van der Waals surface area contributed by atoms with Gasteiger partial charge in [0, 0.05) is 34.9 Å². The maximum absolute atomic E-state index is 9.68. The number of benzene rings is 2. The van der Waals surface area contributed by atoms with Crippen LogP contribution in [0.25, 0.3) is 33.3 Å². The van der Waals surface area contributed by atoms with Gasteiger partial charge in [0.1, 0.15) is 0 Å². The van der Waals surface area contributed by atoms with Crippen LogP contribution in [0.2, 0.25) is 5.02 Å². The third kappa shape index (κ3) is 2.34. The van der Waals surface area contributed by atoms with Crippen molar-refractivity contribution in [2.24, 2.45) is 0 Å². The molecule has 0 spiro atoms. The summed E-state index contributed by atoms with van der Waals surface area (Å²) in [6, 6.07) is 15.9. The Morgan fingerprint density at radius 2 is 2.00 bits per heavy atom. The van der Waals surface area contributed by atoms with Crippen LogP contribution in [0, 0.1) is 11.3 Å². The zero-order valence-electron chi connectivity index (χ0n) is 12.6. The molecular formula is C20H12ClN3. The van der Waals surface area contributed by atoms with Crippen LogP contribution in [0.5, 0.6) is 0 Å². The summed E-state index contributed by atoms with van der Waals surface area (Å²) in [5.74, 6) is 0. The number of nitrogens with zero attached hydrogens (tertiary/aromatic N) is 2. The molecular weight excluding hydrogens is 318 g/mol. The Hall–Kier alpha value is -3.09. The van der Waals surface area contributed by atoms with Crippen molar-refractivity contribution in [3.8, 4) is 6.07 Å². The van der Waals surface area contributed by atoms with Gasteiger partial charge in [-0.1, -0.05) is 41.9 Å². The molecule has 0 atom stereocenters. The number of H-pyrrole nitrogens is 1. The highest BCUT2D eigenvalue weighted by Gasteiger charge is 2.11. The lowest BCUT2D eigenvalue weighted by Gasteiger charge is -2.03. The first-order valence-electron chi connectivity index (χ1n) is 7.48. The van der Waals surface area contributed by atoms with Crippen molar-refractivity contribution < 1.29 is 0 Å². The van der Waals surface area contributed by atoms with E-state index in [9.17, 15) is 5.26 Å². The number of rotatable bonds is 2. The van der Waals surface area contributed by atoms with Crippen molar-refractivity contribution in [3.05, 3.63) is 77.2 Å². The molecule has 0 bridgehead atoms. The molecule has 4 heteroatoms. The summed E-state index contributed by atoms with van der Waals surface area (Å²) < 4.78 is 0. The maximum atomic E-state index is 9.68. The molecule has 4 rings (SSSR count). The molecule has 0 aliphatic rings. The van der Waals surface area contributed by atoms with Crippen molar-refractivity contribution in [3.63, 3.8) is 0 Å². The van der Waals surface area contributed by atoms with Gasteiger partial charge in [0.15, 0.2) is 0 Å². The van der Waals surface area contributed by atoms with E-state index in [4.69, 9.17) is 11.6 Å². The number of aromatic amines is 1. The normalized spacial score (nSPS) is 11.8. The minimum Gasteiger partial charge on any atom is -0.359 e. The third-order valence-electron chi connectivity index (χ3n) is 4.09. The Morgan fingerprint density at radius 3 is 2.88 bits per heavy atom. The molecule has 114 valence electrons. The van der Waals surface area contributed by atoms with Crippen LogP contribution in [-0.4, -0.2) is 9.97 Å². The number of para-hydroxylation sites is 1. The van der Waals surface area contributed by atoms with Gasteiger partial charge < -0.3 is 4.98 Å². The summed E-state index contributed by atoms with van der Waals surface area (Å²) >= 11 is 6.22. The highest BCUT2D eigenvalue weighted by molar-refractivity contribution is 6.35. The first-order valence-corrected chi connectivity index (χ1v) is 7.86. The SMILES string of the molecule is N#C/C(=C\c1cccc2cnccc12)c1c[nH]c2c(Cl)cccc12. The van der Waals surface area contributed by atoms with Gasteiger partial charge in [-0.15, -0.1) is 0 Å². The van der Waals surface area contributed by atoms with E-state index in [2.05, 4.69) is 16.0 Å². The standard InChI is InChI=1S/C20H12ClN3/c21-19-6-2-5-17-18(12-24-20(17)19)15(10-22)9-13-3-1-4-14-11-23-8-7-16(13)14/h1-9,11-12,24H/b15-9+. The molecule has 0 unspecified atom stereocenters. The van der Waals surface area contributed by atoms with E-state index >= 15 is 0 Å². The summed E-state index contributed by atoms with van der Waals surface area (Å²) in [6.45, 7) is 0. The van der Waals surface area contributed by atoms with Crippen molar-refractivity contribution >= 4 is 44.9 Å². The van der Waals surface area contributed by atoms with E-state index in [0.717, 1.165) is 32.8 Å². The molecule has 0 amide bonds. The molecule has 0 saturated heterocycles. The molecule has 0 radical (unpaired) electrons. The monoisotopic (exact) mass is 329 g/mol. The lowest BCUT2D eigenvalue weighted by Crippen LogP contribution is -1.83. The van der Waals surface area contributed by atoms with Crippen molar-refractivity contribution in [1.29, 1.82) is 5.26 Å². The Balaban J connectivity index is 1.93. The number of aromatic nitrogens is 2. The molecule has 0 saturated carbocycles. The fourth-order valence-corrected chi connectivity index (χ4v) is 3.17. The quantitative estimate of drug-likeness (QED) is 0.498. The number of fused-ring (bicyclic) bond motifs is 2. The summed E-state index contributed by atoms with van der Waals surface area (Å²) in [5.41, 5.74) is 3.27. The fourth-order valence-electron chi connectivity index (χ4n) is 2.94. The van der Waals surface area contributed by atoms with Gasteiger partial charge in [-0.3, -0.25) is 4.98 Å². The number of hydrogen-bond donors (Lipinski definition) is 1. The second-order valence-electron chi connectivity index (χ2n) is 5.48. The van der Waals surface area contributed by atoms with Gasteiger partial charge in [-0.05, 0) is 29.2 Å². The van der Waals surface area contributed by atoms with E-state index in [0.29, 0.717) is 10.6 Å². The second-order valence-corrected chi connectivity index (χ2v) is 5.89. The second kappa shape index (κ2) is 5.84. The van der Waals surface area contributed by atoms with Crippen LogP contribution in [0.15, 0.2) is 61.1 Å². The molecule has 2 aromatic carbocycles. The molecule has 1 N–H and O–H groups in total. The average Bonchev–Trinajstić information content (AvgIpc) is 3.05. The lowest BCUT2D eigenvalue weighted by atomic mass is 10.00. The molecule has 24 heavy (non-hydrogen) atoms. The number of pyridine rings is 1. The minimum absolute atomic E-state index is 0.591. The average molecular weight is 330 g/mol. The topological polar surface area (TPSA) is 52.5 Å². The van der Waals surface area contributed by atoms with Crippen LogP contribution >= 0.6 is 11.6 Å². The molecule has 2 aromatic heterocycles. The van der Waals surface area contributed by atoms with Crippen molar-refractivity contribution in [2.75, 3.05) is 0 Å². The number of halogens is 1. The summed E-state index contributed by atoms with van der Waals surface area (Å²) in [7, 11) is 0. The molecule has 2 heterocycles. The maximum Gasteiger partial charge on any atom is 0.0998 e. The Labute approximate surface area is 143 Å². The van der Waals surface area contributed by atoms with Gasteiger partial charge in [-0.2, -0.15) is 5.26 Å². The summed E-state index contributed by atoms with van der Waals surface area (Å²) in [6.07, 6.45) is 7.32. The van der Waals surface area contributed by atoms with E-state index in [1.807, 2.05) is 60.9 Å². The van der Waals surface area contributed by atoms with Gasteiger partial charge in [0.25, 0.3) is 0 Å². The fraction of sp³-hybridized carbons (Fsp3) is 0. The Morgan fingerprint density at radius 1 is 1.12 bits per heavy atom. The van der Waals surface area contributed by atoms with Gasteiger partial charge in [0.05, 0.1) is 22.2 Å². The zero-order valence-corrected chi connectivity index (χ0v) is 13.4. The Bertz CT molecular complexity index is 1130. The van der Waals surface area contributed by atoms with Gasteiger partial charge in [-0.25, -0.2) is 0 Å². The minimum atomic E-state index is 0.591. The van der Waals surface area contributed by atoms with Crippen molar-refractivity contribution in [2.45, 2.75) is 0 Å². The van der Waals surface area contributed by atoms with E-state index in [1.165, 1.54) is 0 Å². The number of nitrogens with one attached hydrogen (secondary N) is 1. The molecule has 0 aliphatic carbocycles. The predicted molar refractivity (Wildman–Crippen MR) is 98.5 cm³/mol. The first kappa shape index (κ1) is 14.5. The first-order chi connectivity index (χ1) is 11.8. The van der Waals surface area contributed by atoms with Crippen LogP contribution in [-0.2, 0) is 0 Å². The van der Waals surface area contributed by atoms with Crippen LogP contribution < -0.4 is 0 Å². The van der Waals surface area contributed by atoms with Crippen LogP contribution in [0.4, 0.5) is 0 Å². The largest absolute Gasteiger partial charge is 0.359 e. The van der Waals surface area contributed by atoms with Crippen LogP contribution in [0.1, 0.15) is 11.1 Å². The van der Waals surface area contributed by atoms with E-state index in [-0.39, 0.29) is 0 Å². The number of hydrogen-bond acceptors (Lipinski definition) is 2. The smallest absolute Gasteiger partial charge is 0.0998 e. The van der Waals surface area contributed by atoms with Crippen LogP contribution in [0.3, 0.4) is 0 Å². The lowest BCUT2D eigenvalue weighted by molar-refractivity contribution is 1.36. The summed E-state index contributed by atoms with van der Waals surface area (Å²) in [4.78, 5) is 7.31. The van der Waals surface area contributed by atoms with E-state index < -0.39 is 0 Å². The van der Waals surface area contributed by atoms with Gasteiger partial charge in [0.2, 0.25) is 0 Å². The predicted octanol–water partition coefficient (Wildman–Crippen LogP) is 5.43. The van der Waals surface area contributed by atoms with Crippen molar-refractivity contribution in [1.82, 2.24) is 9.97 Å². The number of nitriles is 1. The number of allylic oxidation sites excluding steroid dienone is 1. The summed E-state index contributed by atoms with van der Waals surface area (Å²) in [5, 5.41) is 13.4. The third-order valence-corrected chi connectivity index (χ3v) is 4.40. The highest BCUT2D eigenvalue weighted by atomic mass is 35.5. The molecule has 0 aliphatic heterocycles. The zero-order chi connectivity index (χ0) is 16.5. The highest BCUT2D eigenvalue weighted by Crippen LogP contribution is 2.31.